The van der Waals surface area contributed by atoms with Crippen molar-refractivity contribution in [3.8, 4) is 0 Å². The zero-order chi connectivity index (χ0) is 12.9. The van der Waals surface area contributed by atoms with E-state index in [1.165, 1.54) is 0 Å². The van der Waals surface area contributed by atoms with Crippen LogP contribution in [0.25, 0.3) is 0 Å². The molecule has 0 bridgehead atoms. The van der Waals surface area contributed by atoms with Gasteiger partial charge in [-0.2, -0.15) is 0 Å². The molecule has 4 nitrogen and oxygen atoms in total. The summed E-state index contributed by atoms with van der Waals surface area (Å²) >= 11 is 0. The standard InChI is InChI=1S/C15H18O4/c1-2-6-12(5-1)18-15(11-16-9-14-10-17-14)19-13-7-3-4-8-13/h1-8,12-15H,9-11H2. The minimum atomic E-state index is -0.381. The molecular weight excluding hydrogens is 244 g/mol. The molecule has 0 saturated carbocycles. The maximum atomic E-state index is 5.85. The van der Waals surface area contributed by atoms with Crippen molar-refractivity contribution in [2.75, 3.05) is 19.8 Å². The molecule has 2 aliphatic carbocycles. The lowest BCUT2D eigenvalue weighted by atomic mass is 10.4. The van der Waals surface area contributed by atoms with E-state index >= 15 is 0 Å². The summed E-state index contributed by atoms with van der Waals surface area (Å²) in [7, 11) is 0. The predicted octanol–water partition coefficient (Wildman–Crippen LogP) is 1.75. The molecule has 4 heteroatoms. The summed E-state index contributed by atoms with van der Waals surface area (Å²) in [5.41, 5.74) is 0. The summed E-state index contributed by atoms with van der Waals surface area (Å²) in [5.74, 6) is 0. The molecule has 1 aliphatic heterocycles. The van der Waals surface area contributed by atoms with E-state index in [1.54, 1.807) is 0 Å². The van der Waals surface area contributed by atoms with Gasteiger partial charge < -0.3 is 18.9 Å². The van der Waals surface area contributed by atoms with Crippen molar-refractivity contribution >= 4 is 0 Å². The molecule has 1 atom stereocenters. The van der Waals surface area contributed by atoms with Gasteiger partial charge in [0.2, 0.25) is 0 Å². The Labute approximate surface area is 113 Å². The summed E-state index contributed by atoms with van der Waals surface area (Å²) in [5, 5.41) is 0. The van der Waals surface area contributed by atoms with Gasteiger partial charge in [0.15, 0.2) is 6.29 Å². The molecule has 0 aromatic rings. The van der Waals surface area contributed by atoms with Crippen LogP contribution in [0, 0.1) is 0 Å². The first-order valence-corrected chi connectivity index (χ1v) is 6.60. The summed E-state index contributed by atoms with van der Waals surface area (Å²) in [6.45, 7) is 1.82. The van der Waals surface area contributed by atoms with Crippen LogP contribution < -0.4 is 0 Å². The highest BCUT2D eigenvalue weighted by Gasteiger charge is 2.24. The van der Waals surface area contributed by atoms with Crippen molar-refractivity contribution in [1.82, 2.24) is 0 Å². The van der Waals surface area contributed by atoms with E-state index in [0.29, 0.717) is 13.2 Å². The number of allylic oxidation sites excluding steroid dienone is 4. The second kappa shape index (κ2) is 6.30. The fourth-order valence-electron chi connectivity index (χ4n) is 1.93. The Morgan fingerprint density at radius 3 is 1.95 bits per heavy atom. The van der Waals surface area contributed by atoms with Gasteiger partial charge >= 0.3 is 0 Å². The van der Waals surface area contributed by atoms with E-state index in [-0.39, 0.29) is 24.6 Å². The third kappa shape index (κ3) is 4.14. The lowest BCUT2D eigenvalue weighted by Crippen LogP contribution is -2.30. The van der Waals surface area contributed by atoms with E-state index in [9.17, 15) is 0 Å². The highest BCUT2D eigenvalue weighted by Crippen LogP contribution is 2.15. The average Bonchev–Trinajstić information content (AvgIpc) is 2.90. The first-order chi connectivity index (χ1) is 9.40. The third-order valence-corrected chi connectivity index (χ3v) is 3.00. The Bertz CT molecular complexity index is 352. The molecule has 1 unspecified atom stereocenters. The first-order valence-electron chi connectivity index (χ1n) is 6.60. The Balaban J connectivity index is 1.47. The molecule has 0 spiro atoms. The van der Waals surface area contributed by atoms with Crippen LogP contribution in [0.4, 0.5) is 0 Å². The molecule has 0 aromatic heterocycles. The number of hydrogen-bond donors (Lipinski definition) is 0. The number of epoxide rings is 1. The van der Waals surface area contributed by atoms with E-state index in [1.807, 2.05) is 48.6 Å². The third-order valence-electron chi connectivity index (χ3n) is 3.00. The van der Waals surface area contributed by atoms with E-state index in [0.717, 1.165) is 6.61 Å². The molecular formula is C15H18O4. The van der Waals surface area contributed by atoms with Gasteiger partial charge in [0.05, 0.1) is 32.0 Å². The van der Waals surface area contributed by atoms with Gasteiger partial charge in [-0.25, -0.2) is 0 Å². The monoisotopic (exact) mass is 262 g/mol. The van der Waals surface area contributed by atoms with Gasteiger partial charge in [0, 0.05) is 0 Å². The topological polar surface area (TPSA) is 40.2 Å². The van der Waals surface area contributed by atoms with E-state index < -0.39 is 0 Å². The van der Waals surface area contributed by atoms with Crippen LogP contribution in [0.5, 0.6) is 0 Å². The minimum absolute atomic E-state index is 0.0277. The molecule has 0 radical (unpaired) electrons. The van der Waals surface area contributed by atoms with Crippen molar-refractivity contribution in [2.45, 2.75) is 24.6 Å². The molecule has 1 fully saturated rings. The molecule has 1 saturated heterocycles. The summed E-state index contributed by atoms with van der Waals surface area (Å²) in [4.78, 5) is 0. The van der Waals surface area contributed by atoms with Crippen molar-refractivity contribution in [3.05, 3.63) is 48.6 Å². The smallest absolute Gasteiger partial charge is 0.183 e. The van der Waals surface area contributed by atoms with E-state index in [2.05, 4.69) is 0 Å². The average molecular weight is 262 g/mol. The number of rotatable bonds is 8. The van der Waals surface area contributed by atoms with Gasteiger partial charge in [-0.15, -0.1) is 0 Å². The lowest BCUT2D eigenvalue weighted by molar-refractivity contribution is -0.186. The molecule has 0 amide bonds. The van der Waals surface area contributed by atoms with Gasteiger partial charge in [-0.3, -0.25) is 0 Å². The van der Waals surface area contributed by atoms with Crippen LogP contribution in [-0.4, -0.2) is 44.4 Å². The SMILES string of the molecule is C1=CC(OC(COCC2CO2)OC2C=CC=C2)C=C1. The second-order valence-electron chi connectivity index (χ2n) is 4.66. The van der Waals surface area contributed by atoms with Crippen LogP contribution in [0.1, 0.15) is 0 Å². The van der Waals surface area contributed by atoms with Gasteiger partial charge in [0.25, 0.3) is 0 Å². The Morgan fingerprint density at radius 2 is 1.47 bits per heavy atom. The highest BCUT2D eigenvalue weighted by molar-refractivity contribution is 5.20. The normalized spacial score (nSPS) is 25.2. The minimum Gasteiger partial charge on any atom is -0.373 e. The molecule has 19 heavy (non-hydrogen) atoms. The highest BCUT2D eigenvalue weighted by atomic mass is 16.7. The van der Waals surface area contributed by atoms with Crippen molar-refractivity contribution in [1.29, 1.82) is 0 Å². The summed E-state index contributed by atoms with van der Waals surface area (Å²) in [6.07, 6.45) is 15.6. The fourth-order valence-corrected chi connectivity index (χ4v) is 1.93. The van der Waals surface area contributed by atoms with Gasteiger partial charge in [0.1, 0.15) is 6.10 Å². The summed E-state index contributed by atoms with van der Waals surface area (Å²) in [6, 6.07) is 0. The van der Waals surface area contributed by atoms with Gasteiger partial charge in [-0.1, -0.05) is 48.6 Å². The van der Waals surface area contributed by atoms with Crippen LogP contribution in [-0.2, 0) is 18.9 Å². The number of ether oxygens (including phenoxy) is 4. The Hall–Kier alpha value is -1.20. The van der Waals surface area contributed by atoms with Crippen LogP contribution in [0.15, 0.2) is 48.6 Å². The molecule has 1 heterocycles. The maximum absolute atomic E-state index is 5.85. The summed E-state index contributed by atoms with van der Waals surface area (Å²) < 4.78 is 22.4. The van der Waals surface area contributed by atoms with Crippen molar-refractivity contribution in [2.24, 2.45) is 0 Å². The zero-order valence-corrected chi connectivity index (χ0v) is 10.7. The fraction of sp³-hybridized carbons (Fsp3) is 0.467. The second-order valence-corrected chi connectivity index (χ2v) is 4.66. The quantitative estimate of drug-likeness (QED) is 0.493. The predicted molar refractivity (Wildman–Crippen MR) is 70.7 cm³/mol. The van der Waals surface area contributed by atoms with Crippen molar-refractivity contribution in [3.63, 3.8) is 0 Å². The molecule has 102 valence electrons. The molecule has 0 aromatic carbocycles. The van der Waals surface area contributed by atoms with Crippen LogP contribution in [0.3, 0.4) is 0 Å². The van der Waals surface area contributed by atoms with Crippen LogP contribution in [0.2, 0.25) is 0 Å². The Kier molecular flexibility index (Phi) is 4.25. The molecule has 3 aliphatic rings. The zero-order valence-electron chi connectivity index (χ0n) is 10.7. The first kappa shape index (κ1) is 12.8. The maximum Gasteiger partial charge on any atom is 0.183 e. The number of hydrogen-bond acceptors (Lipinski definition) is 4. The van der Waals surface area contributed by atoms with Gasteiger partial charge in [-0.05, 0) is 0 Å². The lowest BCUT2D eigenvalue weighted by Gasteiger charge is -2.23. The van der Waals surface area contributed by atoms with E-state index in [4.69, 9.17) is 18.9 Å². The van der Waals surface area contributed by atoms with Crippen molar-refractivity contribution < 1.29 is 18.9 Å². The van der Waals surface area contributed by atoms with Crippen LogP contribution >= 0.6 is 0 Å². The Morgan fingerprint density at radius 1 is 0.947 bits per heavy atom. The molecule has 3 rings (SSSR count). The molecule has 0 N–H and O–H groups in total. The largest absolute Gasteiger partial charge is 0.373 e.